The Bertz CT molecular complexity index is 1630. The largest absolute Gasteiger partial charge is 0.493 e. The van der Waals surface area contributed by atoms with E-state index in [1.807, 2.05) is 0 Å². The molecule has 0 unspecified atom stereocenters. The van der Waals surface area contributed by atoms with Crippen molar-refractivity contribution >= 4 is 27.9 Å². The van der Waals surface area contributed by atoms with Gasteiger partial charge in [0.15, 0.2) is 28.3 Å². The van der Waals surface area contributed by atoms with Crippen LogP contribution in [0.2, 0.25) is 0 Å². The average Bonchev–Trinajstić information content (AvgIpc) is 3.33. The molecule has 2 heterocycles. The molecular formula is C27H20O8. The van der Waals surface area contributed by atoms with Gasteiger partial charge < -0.3 is 27.8 Å². The highest BCUT2D eigenvalue weighted by Gasteiger charge is 2.18. The van der Waals surface area contributed by atoms with Crippen LogP contribution in [0.15, 0.2) is 80.6 Å². The van der Waals surface area contributed by atoms with Crippen LogP contribution in [0.1, 0.15) is 10.6 Å². The van der Waals surface area contributed by atoms with Crippen molar-refractivity contribution in [1.82, 2.24) is 0 Å². The first kappa shape index (κ1) is 22.1. The number of fused-ring (bicyclic) bond motifs is 2. The van der Waals surface area contributed by atoms with Crippen molar-refractivity contribution in [2.45, 2.75) is 0 Å². The quantitative estimate of drug-likeness (QED) is 0.238. The topological polar surface area (TPSA) is 97.3 Å². The van der Waals surface area contributed by atoms with E-state index in [-0.39, 0.29) is 22.5 Å². The maximum atomic E-state index is 13.1. The first-order chi connectivity index (χ1) is 17.0. The molecule has 0 fully saturated rings. The summed E-state index contributed by atoms with van der Waals surface area (Å²) in [7, 11) is 4.58. The number of carbonyl (C=O) groups is 1. The van der Waals surface area contributed by atoms with E-state index in [9.17, 15) is 9.59 Å². The number of benzene rings is 3. The molecule has 0 radical (unpaired) electrons. The lowest BCUT2D eigenvalue weighted by Gasteiger charge is -2.10. The number of hydrogen-bond acceptors (Lipinski definition) is 8. The minimum atomic E-state index is -0.688. The molecule has 2 aromatic heterocycles. The summed E-state index contributed by atoms with van der Waals surface area (Å²) in [4.78, 5) is 25.8. The molecule has 0 spiro atoms. The molecule has 0 atom stereocenters. The van der Waals surface area contributed by atoms with E-state index in [1.165, 1.54) is 39.7 Å². The molecule has 176 valence electrons. The molecule has 0 amide bonds. The van der Waals surface area contributed by atoms with E-state index < -0.39 is 5.97 Å². The monoisotopic (exact) mass is 472 g/mol. The summed E-state index contributed by atoms with van der Waals surface area (Å²) in [5.74, 6) is 1.10. The summed E-state index contributed by atoms with van der Waals surface area (Å²) in [5, 5.41) is 1.05. The van der Waals surface area contributed by atoms with Crippen molar-refractivity contribution < 1.29 is 32.6 Å². The van der Waals surface area contributed by atoms with E-state index in [4.69, 9.17) is 27.8 Å². The Kier molecular flexibility index (Phi) is 5.62. The van der Waals surface area contributed by atoms with Gasteiger partial charge in [0, 0.05) is 11.5 Å². The molecule has 3 aromatic carbocycles. The van der Waals surface area contributed by atoms with Crippen molar-refractivity contribution in [2.75, 3.05) is 21.3 Å². The Morgan fingerprint density at radius 1 is 0.829 bits per heavy atom. The Morgan fingerprint density at radius 2 is 1.63 bits per heavy atom. The van der Waals surface area contributed by atoms with Crippen LogP contribution in [0.3, 0.4) is 0 Å². The highest BCUT2D eigenvalue weighted by atomic mass is 16.5. The van der Waals surface area contributed by atoms with Gasteiger partial charge in [-0.2, -0.15) is 0 Å². The summed E-state index contributed by atoms with van der Waals surface area (Å²) in [5.41, 5.74) is 1.47. The van der Waals surface area contributed by atoms with Crippen molar-refractivity contribution in [3.8, 4) is 34.1 Å². The fraction of sp³-hybridized carbons (Fsp3) is 0.111. The summed E-state index contributed by atoms with van der Waals surface area (Å²) in [6, 6.07) is 16.7. The van der Waals surface area contributed by atoms with Crippen LogP contribution in [0.5, 0.6) is 23.0 Å². The molecule has 5 rings (SSSR count). The van der Waals surface area contributed by atoms with Gasteiger partial charge in [-0.05, 0) is 42.0 Å². The summed E-state index contributed by atoms with van der Waals surface area (Å²) >= 11 is 0. The number of methoxy groups -OCH3 is 3. The Balaban J connectivity index is 1.45. The minimum absolute atomic E-state index is 0.0230. The van der Waals surface area contributed by atoms with Gasteiger partial charge in [0.05, 0.1) is 32.3 Å². The van der Waals surface area contributed by atoms with Crippen molar-refractivity contribution in [3.05, 3.63) is 82.9 Å². The third kappa shape index (κ3) is 3.95. The zero-order valence-electron chi connectivity index (χ0n) is 19.1. The highest BCUT2D eigenvalue weighted by molar-refractivity contribution is 5.95. The normalized spacial score (nSPS) is 10.9. The molecule has 5 aromatic rings. The van der Waals surface area contributed by atoms with Gasteiger partial charge in [0.25, 0.3) is 0 Å². The fourth-order valence-corrected chi connectivity index (χ4v) is 3.83. The molecule has 0 aliphatic rings. The minimum Gasteiger partial charge on any atom is -0.493 e. The molecule has 0 bridgehead atoms. The lowest BCUT2D eigenvalue weighted by Crippen LogP contribution is -2.08. The van der Waals surface area contributed by atoms with Gasteiger partial charge >= 0.3 is 5.97 Å². The SMILES string of the molecule is COc1ccc(-c2coc3cc(OC(=O)c4cc5cccc(OC)c5o4)ccc3c2=O)cc1OC. The van der Waals surface area contributed by atoms with Gasteiger partial charge in [-0.3, -0.25) is 4.79 Å². The van der Waals surface area contributed by atoms with Gasteiger partial charge in [0.2, 0.25) is 5.76 Å². The number of ether oxygens (including phenoxy) is 4. The smallest absolute Gasteiger partial charge is 0.379 e. The van der Waals surface area contributed by atoms with Crippen LogP contribution < -0.4 is 24.4 Å². The van der Waals surface area contributed by atoms with E-state index in [2.05, 4.69) is 0 Å². The second kappa shape index (κ2) is 8.90. The molecule has 8 nitrogen and oxygen atoms in total. The number of hydrogen-bond donors (Lipinski definition) is 0. The first-order valence-corrected chi connectivity index (χ1v) is 10.6. The average molecular weight is 472 g/mol. The van der Waals surface area contributed by atoms with Crippen LogP contribution in [-0.2, 0) is 0 Å². The first-order valence-electron chi connectivity index (χ1n) is 10.6. The molecule has 0 N–H and O–H groups in total. The van der Waals surface area contributed by atoms with Crippen molar-refractivity contribution in [1.29, 1.82) is 0 Å². The van der Waals surface area contributed by atoms with Gasteiger partial charge in [0.1, 0.15) is 17.6 Å². The van der Waals surface area contributed by atoms with E-state index >= 15 is 0 Å². The van der Waals surface area contributed by atoms with Crippen LogP contribution in [0, 0.1) is 0 Å². The number of rotatable bonds is 6. The second-order valence-electron chi connectivity index (χ2n) is 7.59. The Morgan fingerprint density at radius 3 is 2.40 bits per heavy atom. The predicted octanol–water partition coefficient (Wildman–Crippen LogP) is 5.45. The van der Waals surface area contributed by atoms with Crippen LogP contribution in [-0.4, -0.2) is 27.3 Å². The standard InChI is InChI=1S/C27H20O8/c1-30-20-10-7-15(11-23(20)32-3)19-14-33-22-13-17(8-9-18(22)25(19)28)34-27(29)24-12-16-5-4-6-21(31-2)26(16)35-24/h4-14H,1-3H3. The predicted molar refractivity (Wildman–Crippen MR) is 129 cm³/mol. The Labute approximate surface area is 199 Å². The molecule has 0 aliphatic heterocycles. The molecule has 0 saturated heterocycles. The fourth-order valence-electron chi connectivity index (χ4n) is 3.83. The summed E-state index contributed by atoms with van der Waals surface area (Å²) in [6.07, 6.45) is 1.36. The lowest BCUT2D eigenvalue weighted by atomic mass is 10.0. The van der Waals surface area contributed by atoms with E-state index in [0.717, 1.165) is 0 Å². The zero-order chi connectivity index (χ0) is 24.5. The van der Waals surface area contributed by atoms with Gasteiger partial charge in [-0.15, -0.1) is 0 Å². The molecule has 0 saturated carbocycles. The van der Waals surface area contributed by atoms with Crippen LogP contribution in [0.25, 0.3) is 33.1 Å². The number of carbonyl (C=O) groups excluding carboxylic acids is 1. The second-order valence-corrected chi connectivity index (χ2v) is 7.59. The number of furan rings is 1. The van der Waals surface area contributed by atoms with Crippen molar-refractivity contribution in [3.63, 3.8) is 0 Å². The van der Waals surface area contributed by atoms with Gasteiger partial charge in [-0.25, -0.2) is 4.79 Å². The summed E-state index contributed by atoms with van der Waals surface area (Å²) < 4.78 is 32.6. The van der Waals surface area contributed by atoms with Gasteiger partial charge in [-0.1, -0.05) is 18.2 Å². The van der Waals surface area contributed by atoms with Crippen molar-refractivity contribution in [2.24, 2.45) is 0 Å². The Hall–Kier alpha value is -4.72. The molecular weight excluding hydrogens is 452 g/mol. The highest BCUT2D eigenvalue weighted by Crippen LogP contribution is 2.33. The third-order valence-corrected chi connectivity index (χ3v) is 5.58. The van der Waals surface area contributed by atoms with E-state index in [0.29, 0.717) is 44.7 Å². The third-order valence-electron chi connectivity index (χ3n) is 5.58. The molecule has 35 heavy (non-hydrogen) atoms. The summed E-state index contributed by atoms with van der Waals surface area (Å²) in [6.45, 7) is 0. The molecule has 8 heteroatoms. The maximum absolute atomic E-state index is 13.1. The maximum Gasteiger partial charge on any atom is 0.379 e. The van der Waals surface area contributed by atoms with Crippen LogP contribution in [0.4, 0.5) is 0 Å². The number of esters is 1. The lowest BCUT2D eigenvalue weighted by molar-refractivity contribution is 0.0704. The van der Waals surface area contributed by atoms with E-state index in [1.54, 1.807) is 48.5 Å². The zero-order valence-corrected chi connectivity index (χ0v) is 19.1. The molecule has 0 aliphatic carbocycles. The number of para-hydroxylation sites is 1. The van der Waals surface area contributed by atoms with Crippen LogP contribution >= 0.6 is 0 Å².